The Morgan fingerprint density at radius 3 is 2.76 bits per heavy atom. The summed E-state index contributed by atoms with van der Waals surface area (Å²) in [6.07, 6.45) is 5.55. The third-order valence-electron chi connectivity index (χ3n) is 3.37. The molecule has 3 rings (SSSR count). The Morgan fingerprint density at radius 2 is 2.10 bits per heavy atom. The Labute approximate surface area is 128 Å². The molecule has 2 aromatic rings. The van der Waals surface area contributed by atoms with Crippen molar-refractivity contribution in [1.82, 2.24) is 9.78 Å². The van der Waals surface area contributed by atoms with Gasteiger partial charge in [0.15, 0.2) is 0 Å². The predicted molar refractivity (Wildman–Crippen MR) is 85.2 cm³/mol. The van der Waals surface area contributed by atoms with E-state index in [0.29, 0.717) is 10.6 Å². The number of hydrogen-bond acceptors (Lipinski definition) is 2. The minimum atomic E-state index is -0.115. The summed E-state index contributed by atoms with van der Waals surface area (Å²) in [5.74, 6) is -0.115. The molecule has 21 heavy (non-hydrogen) atoms. The smallest absolute Gasteiger partial charge is 0.256 e. The van der Waals surface area contributed by atoms with Crippen LogP contribution >= 0.6 is 11.6 Å². The molecule has 108 valence electrons. The van der Waals surface area contributed by atoms with Crippen LogP contribution in [0.4, 0.5) is 5.69 Å². The van der Waals surface area contributed by atoms with E-state index in [1.165, 1.54) is 0 Å². The fourth-order valence-electron chi connectivity index (χ4n) is 2.25. The molecule has 1 aliphatic rings. The zero-order valence-corrected chi connectivity index (χ0v) is 12.9. The van der Waals surface area contributed by atoms with E-state index in [2.05, 4.69) is 31.2 Å². The maximum atomic E-state index is 12.1. The first-order valence-corrected chi connectivity index (χ1v) is 7.10. The second-order valence-corrected chi connectivity index (χ2v) is 6.53. The van der Waals surface area contributed by atoms with Crippen LogP contribution < -0.4 is 5.32 Å². The summed E-state index contributed by atoms with van der Waals surface area (Å²) in [5, 5.41) is 7.78. The zero-order chi connectivity index (χ0) is 15.2. The van der Waals surface area contributed by atoms with Gasteiger partial charge in [0.05, 0.1) is 17.4 Å². The molecular formula is C16H16ClN3O. The van der Waals surface area contributed by atoms with Crippen LogP contribution in [0.5, 0.6) is 0 Å². The third kappa shape index (κ3) is 2.59. The fourth-order valence-corrected chi connectivity index (χ4v) is 2.43. The molecule has 0 unspecified atom stereocenters. The Kier molecular flexibility index (Phi) is 3.14. The number of amides is 1. The first kappa shape index (κ1) is 13.9. The number of halogens is 1. The fraction of sp³-hybridized carbons (Fsp3) is 0.250. The van der Waals surface area contributed by atoms with Gasteiger partial charge < -0.3 is 5.32 Å². The van der Waals surface area contributed by atoms with Crippen molar-refractivity contribution in [3.63, 3.8) is 0 Å². The average molecular weight is 302 g/mol. The number of nitrogens with zero attached hydrogens (tertiary/aromatic N) is 2. The highest BCUT2D eigenvalue weighted by Crippen LogP contribution is 2.34. The molecule has 0 atom stereocenters. The van der Waals surface area contributed by atoms with E-state index in [1.807, 2.05) is 23.0 Å². The van der Waals surface area contributed by atoms with Crippen LogP contribution in [0.15, 0.2) is 30.6 Å². The summed E-state index contributed by atoms with van der Waals surface area (Å²) in [7, 11) is 0. The Balaban J connectivity index is 2.01. The highest BCUT2D eigenvalue weighted by Gasteiger charge is 2.24. The number of aromatic nitrogens is 2. The maximum absolute atomic E-state index is 12.1. The van der Waals surface area contributed by atoms with Gasteiger partial charge in [-0.25, -0.2) is 0 Å². The summed E-state index contributed by atoms with van der Waals surface area (Å²) < 4.78 is 1.88. The second kappa shape index (κ2) is 4.74. The van der Waals surface area contributed by atoms with Gasteiger partial charge in [-0.3, -0.25) is 9.48 Å². The maximum Gasteiger partial charge on any atom is 0.256 e. The summed E-state index contributed by atoms with van der Waals surface area (Å²) in [5.41, 5.74) is 3.07. The number of hydrogen-bond donors (Lipinski definition) is 1. The lowest BCUT2D eigenvalue weighted by molar-refractivity contribution is -0.110. The molecule has 1 aliphatic heterocycles. The van der Waals surface area contributed by atoms with Gasteiger partial charge in [-0.1, -0.05) is 17.7 Å². The highest BCUT2D eigenvalue weighted by atomic mass is 35.5. The second-order valence-electron chi connectivity index (χ2n) is 6.09. The van der Waals surface area contributed by atoms with Gasteiger partial charge in [0.2, 0.25) is 0 Å². The van der Waals surface area contributed by atoms with Crippen LogP contribution in [-0.2, 0) is 10.3 Å². The molecule has 0 fully saturated rings. The molecule has 1 amide bonds. The molecule has 4 nitrogen and oxygen atoms in total. The van der Waals surface area contributed by atoms with Gasteiger partial charge in [-0.05, 0) is 39.0 Å². The van der Waals surface area contributed by atoms with Crippen LogP contribution in [0.25, 0.3) is 11.6 Å². The molecule has 0 saturated carbocycles. The standard InChI is InChI=1S/C16H16ClN3O/c1-16(2,3)20-9-10(8-18-20)6-13-12-5-4-11(17)7-14(12)19-15(13)21/h4-9H,1-3H3,(H,19,21)/b13-6+. The van der Waals surface area contributed by atoms with E-state index >= 15 is 0 Å². The number of nitrogens with one attached hydrogen (secondary N) is 1. The Bertz CT molecular complexity index is 753. The molecule has 5 heteroatoms. The van der Waals surface area contributed by atoms with Crippen molar-refractivity contribution in [2.24, 2.45) is 0 Å². The monoisotopic (exact) mass is 301 g/mol. The number of rotatable bonds is 1. The van der Waals surface area contributed by atoms with Crippen molar-refractivity contribution in [1.29, 1.82) is 0 Å². The number of benzene rings is 1. The zero-order valence-electron chi connectivity index (χ0n) is 12.1. The van der Waals surface area contributed by atoms with E-state index in [0.717, 1.165) is 16.8 Å². The van der Waals surface area contributed by atoms with Crippen LogP contribution in [0.2, 0.25) is 5.02 Å². The lowest BCUT2D eigenvalue weighted by atomic mass is 10.1. The SMILES string of the molecule is CC(C)(C)n1cc(/C=C2/C(=O)Nc3cc(Cl)ccc32)cn1. The molecule has 0 aliphatic carbocycles. The van der Waals surface area contributed by atoms with E-state index in [1.54, 1.807) is 18.3 Å². The number of carbonyl (C=O) groups excluding carboxylic acids is 1. The number of carbonyl (C=O) groups is 1. The van der Waals surface area contributed by atoms with Crippen LogP contribution in [0.1, 0.15) is 31.9 Å². The van der Waals surface area contributed by atoms with Crippen molar-refractivity contribution in [2.75, 3.05) is 5.32 Å². The molecular weight excluding hydrogens is 286 g/mol. The minimum absolute atomic E-state index is 0.0832. The van der Waals surface area contributed by atoms with E-state index < -0.39 is 0 Å². The largest absolute Gasteiger partial charge is 0.321 e. The van der Waals surface area contributed by atoms with Crippen LogP contribution in [0, 0.1) is 0 Å². The minimum Gasteiger partial charge on any atom is -0.321 e. The normalized spacial score (nSPS) is 16.2. The molecule has 2 heterocycles. The van der Waals surface area contributed by atoms with E-state index in [4.69, 9.17) is 11.6 Å². The average Bonchev–Trinajstić information content (AvgIpc) is 2.95. The number of anilines is 1. The van der Waals surface area contributed by atoms with E-state index in [9.17, 15) is 4.79 Å². The molecule has 0 bridgehead atoms. The first-order chi connectivity index (χ1) is 9.84. The van der Waals surface area contributed by atoms with E-state index in [-0.39, 0.29) is 11.4 Å². The van der Waals surface area contributed by atoms with Crippen molar-refractivity contribution >= 4 is 34.8 Å². The number of fused-ring (bicyclic) bond motifs is 1. The lowest BCUT2D eigenvalue weighted by Crippen LogP contribution is -2.21. The van der Waals surface area contributed by atoms with Crippen molar-refractivity contribution in [3.8, 4) is 0 Å². The highest BCUT2D eigenvalue weighted by molar-refractivity contribution is 6.36. The summed E-state index contributed by atoms with van der Waals surface area (Å²) in [4.78, 5) is 12.1. The van der Waals surface area contributed by atoms with Crippen LogP contribution in [0.3, 0.4) is 0 Å². The van der Waals surface area contributed by atoms with Gasteiger partial charge in [-0.2, -0.15) is 5.10 Å². The molecule has 0 spiro atoms. The van der Waals surface area contributed by atoms with Gasteiger partial charge in [0.1, 0.15) is 0 Å². The molecule has 1 aromatic heterocycles. The molecule has 0 saturated heterocycles. The van der Waals surface area contributed by atoms with Gasteiger partial charge >= 0.3 is 0 Å². The van der Waals surface area contributed by atoms with Crippen molar-refractivity contribution < 1.29 is 4.79 Å². The topological polar surface area (TPSA) is 46.9 Å². The lowest BCUT2D eigenvalue weighted by Gasteiger charge is -2.18. The first-order valence-electron chi connectivity index (χ1n) is 6.73. The van der Waals surface area contributed by atoms with Crippen LogP contribution in [-0.4, -0.2) is 15.7 Å². The van der Waals surface area contributed by atoms with Crippen molar-refractivity contribution in [3.05, 3.63) is 46.7 Å². The van der Waals surface area contributed by atoms with Gasteiger partial charge in [0, 0.05) is 27.9 Å². The molecule has 0 radical (unpaired) electrons. The van der Waals surface area contributed by atoms with Gasteiger partial charge in [-0.15, -0.1) is 0 Å². The predicted octanol–water partition coefficient (Wildman–Crippen LogP) is 3.78. The summed E-state index contributed by atoms with van der Waals surface area (Å²) >= 11 is 5.95. The van der Waals surface area contributed by atoms with Gasteiger partial charge in [0.25, 0.3) is 5.91 Å². The summed E-state index contributed by atoms with van der Waals surface area (Å²) in [6.45, 7) is 6.24. The Morgan fingerprint density at radius 1 is 1.33 bits per heavy atom. The quantitative estimate of drug-likeness (QED) is 0.815. The van der Waals surface area contributed by atoms with Crippen molar-refractivity contribution in [2.45, 2.75) is 26.3 Å². The molecule has 1 N–H and O–H groups in total. The third-order valence-corrected chi connectivity index (χ3v) is 3.60. The summed E-state index contributed by atoms with van der Waals surface area (Å²) in [6, 6.07) is 5.40. The Hall–Kier alpha value is -2.07. The molecule has 1 aromatic carbocycles.